The van der Waals surface area contributed by atoms with E-state index in [1.165, 1.54) is 24.0 Å². The number of hydrogen-bond acceptors (Lipinski definition) is 0. The molecule has 1 aliphatic carbocycles. The van der Waals surface area contributed by atoms with Crippen LogP contribution in [0.15, 0.2) is 23.8 Å². The summed E-state index contributed by atoms with van der Waals surface area (Å²) in [5.41, 5.74) is 2.70. The fourth-order valence-electron chi connectivity index (χ4n) is 0.676. The third-order valence-electron chi connectivity index (χ3n) is 1.35. The second kappa shape index (κ2) is 1.53. The maximum atomic E-state index is 3.81. The zero-order valence-electron chi connectivity index (χ0n) is 4.70. The van der Waals surface area contributed by atoms with Crippen LogP contribution in [0.25, 0.3) is 0 Å². The van der Waals surface area contributed by atoms with Crippen LogP contribution in [-0.2, 0) is 0 Å². The molecule has 0 amide bonds. The Labute approximate surface area is 44.5 Å². The standard InChI is InChI=1S/C7H10/c1-6(2)7-4-3-5-7/h4H,1,3,5H2,2H3. The molecule has 0 atom stereocenters. The first-order valence-corrected chi connectivity index (χ1v) is 2.65. The predicted molar refractivity (Wildman–Crippen MR) is 32.1 cm³/mol. The Kier molecular flexibility index (Phi) is 1.01. The van der Waals surface area contributed by atoms with Crippen LogP contribution in [-0.4, -0.2) is 0 Å². The van der Waals surface area contributed by atoms with E-state index in [1.54, 1.807) is 0 Å². The van der Waals surface area contributed by atoms with Crippen LogP contribution in [0.2, 0.25) is 0 Å². The highest BCUT2D eigenvalue weighted by Crippen LogP contribution is 2.23. The highest BCUT2D eigenvalue weighted by Gasteiger charge is 2.03. The lowest BCUT2D eigenvalue weighted by atomic mass is 9.94. The van der Waals surface area contributed by atoms with Gasteiger partial charge >= 0.3 is 0 Å². The minimum atomic E-state index is 1.24. The monoisotopic (exact) mass is 94.1 g/mol. The van der Waals surface area contributed by atoms with Crippen LogP contribution >= 0.6 is 0 Å². The molecule has 0 saturated carbocycles. The molecule has 7 heavy (non-hydrogen) atoms. The molecule has 0 fully saturated rings. The van der Waals surface area contributed by atoms with Crippen molar-refractivity contribution in [3.63, 3.8) is 0 Å². The molecule has 0 heterocycles. The minimum absolute atomic E-state index is 1.24. The zero-order valence-corrected chi connectivity index (χ0v) is 4.70. The van der Waals surface area contributed by atoms with Crippen molar-refractivity contribution in [1.82, 2.24) is 0 Å². The third kappa shape index (κ3) is 0.738. The van der Waals surface area contributed by atoms with Gasteiger partial charge in [-0.15, -0.1) is 0 Å². The minimum Gasteiger partial charge on any atom is -0.0958 e. The predicted octanol–water partition coefficient (Wildman–Crippen LogP) is 2.28. The molecule has 0 radical (unpaired) electrons. The second-order valence-electron chi connectivity index (χ2n) is 2.05. The quantitative estimate of drug-likeness (QED) is 0.467. The molecule has 1 rings (SSSR count). The summed E-state index contributed by atoms with van der Waals surface area (Å²) >= 11 is 0. The average molecular weight is 94.2 g/mol. The zero-order chi connectivity index (χ0) is 5.28. The summed E-state index contributed by atoms with van der Waals surface area (Å²) in [7, 11) is 0. The van der Waals surface area contributed by atoms with Crippen molar-refractivity contribution in [2.24, 2.45) is 0 Å². The molecule has 0 spiro atoms. The Balaban J connectivity index is 2.57. The van der Waals surface area contributed by atoms with Crippen LogP contribution in [0, 0.1) is 0 Å². The number of rotatable bonds is 1. The lowest BCUT2D eigenvalue weighted by Gasteiger charge is -2.12. The first-order valence-electron chi connectivity index (χ1n) is 2.65. The van der Waals surface area contributed by atoms with Crippen molar-refractivity contribution in [2.45, 2.75) is 19.8 Å². The van der Waals surface area contributed by atoms with E-state index in [4.69, 9.17) is 0 Å². The van der Waals surface area contributed by atoms with Gasteiger partial charge in [-0.05, 0) is 25.3 Å². The summed E-state index contributed by atoms with van der Waals surface area (Å²) < 4.78 is 0. The summed E-state index contributed by atoms with van der Waals surface area (Å²) in [6.45, 7) is 5.87. The SMILES string of the molecule is C=C(C)C1=CCC1. The van der Waals surface area contributed by atoms with Gasteiger partial charge < -0.3 is 0 Å². The van der Waals surface area contributed by atoms with Crippen molar-refractivity contribution < 1.29 is 0 Å². The Morgan fingerprint density at radius 3 is 2.43 bits per heavy atom. The van der Waals surface area contributed by atoms with E-state index in [-0.39, 0.29) is 0 Å². The van der Waals surface area contributed by atoms with E-state index in [1.807, 2.05) is 0 Å². The molecule has 0 aromatic heterocycles. The molecule has 0 aromatic carbocycles. The molecule has 0 saturated heterocycles. The van der Waals surface area contributed by atoms with E-state index in [0.717, 1.165) is 0 Å². The van der Waals surface area contributed by atoms with E-state index < -0.39 is 0 Å². The smallest absolute Gasteiger partial charge is 0.0245 e. The highest BCUT2D eigenvalue weighted by atomic mass is 14.1. The van der Waals surface area contributed by atoms with Crippen LogP contribution in [0.5, 0.6) is 0 Å². The fourth-order valence-corrected chi connectivity index (χ4v) is 0.676. The van der Waals surface area contributed by atoms with Crippen LogP contribution in [0.4, 0.5) is 0 Å². The normalized spacial score (nSPS) is 17.6. The van der Waals surface area contributed by atoms with Gasteiger partial charge in [0.2, 0.25) is 0 Å². The molecule has 0 aromatic rings. The number of hydrogen-bond donors (Lipinski definition) is 0. The molecular weight excluding hydrogens is 84.1 g/mol. The molecule has 0 bridgehead atoms. The van der Waals surface area contributed by atoms with Crippen LogP contribution in [0.3, 0.4) is 0 Å². The van der Waals surface area contributed by atoms with Crippen molar-refractivity contribution in [1.29, 1.82) is 0 Å². The van der Waals surface area contributed by atoms with Crippen LogP contribution in [0.1, 0.15) is 19.8 Å². The van der Waals surface area contributed by atoms with Gasteiger partial charge in [0.05, 0.1) is 0 Å². The Morgan fingerprint density at radius 2 is 2.43 bits per heavy atom. The highest BCUT2D eigenvalue weighted by molar-refractivity contribution is 5.31. The molecule has 0 aliphatic heterocycles. The molecular formula is C7H10. The van der Waals surface area contributed by atoms with Crippen LogP contribution < -0.4 is 0 Å². The molecule has 0 unspecified atom stereocenters. The average Bonchev–Trinajstić information content (AvgIpc) is 1.23. The lowest BCUT2D eigenvalue weighted by Crippen LogP contribution is -1.92. The molecule has 0 nitrogen and oxygen atoms in total. The van der Waals surface area contributed by atoms with Gasteiger partial charge in [-0.1, -0.05) is 18.2 Å². The maximum Gasteiger partial charge on any atom is -0.0245 e. The first kappa shape index (κ1) is 4.63. The van der Waals surface area contributed by atoms with Gasteiger partial charge in [-0.3, -0.25) is 0 Å². The van der Waals surface area contributed by atoms with E-state index in [0.29, 0.717) is 0 Å². The van der Waals surface area contributed by atoms with Gasteiger partial charge in [0.1, 0.15) is 0 Å². The van der Waals surface area contributed by atoms with Crippen molar-refractivity contribution in [3.05, 3.63) is 23.8 Å². The molecule has 0 N–H and O–H groups in total. The summed E-state index contributed by atoms with van der Waals surface area (Å²) in [4.78, 5) is 0. The molecule has 0 heteroatoms. The first-order chi connectivity index (χ1) is 3.30. The largest absolute Gasteiger partial charge is 0.0958 e. The second-order valence-corrected chi connectivity index (χ2v) is 2.05. The van der Waals surface area contributed by atoms with E-state index in [9.17, 15) is 0 Å². The summed E-state index contributed by atoms with van der Waals surface area (Å²) in [5, 5.41) is 0. The Morgan fingerprint density at radius 1 is 1.86 bits per heavy atom. The Hall–Kier alpha value is -0.520. The number of allylic oxidation sites excluding steroid dienone is 3. The van der Waals surface area contributed by atoms with Gasteiger partial charge in [0, 0.05) is 0 Å². The van der Waals surface area contributed by atoms with Crippen molar-refractivity contribution in [2.75, 3.05) is 0 Å². The van der Waals surface area contributed by atoms with E-state index >= 15 is 0 Å². The van der Waals surface area contributed by atoms with Crippen molar-refractivity contribution >= 4 is 0 Å². The summed E-state index contributed by atoms with van der Waals surface area (Å²) in [5.74, 6) is 0. The maximum absolute atomic E-state index is 3.81. The van der Waals surface area contributed by atoms with Gasteiger partial charge in [0.15, 0.2) is 0 Å². The molecule has 1 aliphatic rings. The summed E-state index contributed by atoms with van der Waals surface area (Å²) in [6.07, 6.45) is 4.76. The van der Waals surface area contributed by atoms with Gasteiger partial charge in [-0.2, -0.15) is 0 Å². The lowest BCUT2D eigenvalue weighted by molar-refractivity contribution is 0.886. The van der Waals surface area contributed by atoms with E-state index in [2.05, 4.69) is 19.6 Å². The van der Waals surface area contributed by atoms with Gasteiger partial charge in [0.25, 0.3) is 0 Å². The Bertz CT molecular complexity index is 118. The molecule has 38 valence electrons. The van der Waals surface area contributed by atoms with Crippen molar-refractivity contribution in [3.8, 4) is 0 Å². The fraction of sp³-hybridized carbons (Fsp3) is 0.429. The van der Waals surface area contributed by atoms with Gasteiger partial charge in [-0.25, -0.2) is 0 Å². The topological polar surface area (TPSA) is 0 Å². The third-order valence-corrected chi connectivity index (χ3v) is 1.35. The summed E-state index contributed by atoms with van der Waals surface area (Å²) in [6, 6.07) is 0.